The number of primary amides is 1. The lowest BCUT2D eigenvalue weighted by Crippen LogP contribution is -2.21. The third-order valence-corrected chi connectivity index (χ3v) is 2.93. The summed E-state index contributed by atoms with van der Waals surface area (Å²) in [6, 6.07) is 6.05. The standard InChI is InChI=1S/C10H11N3OS/c1-6-2-3-7-8(4-6)15-10(13-7)12-5-9(11)14/h2-4H,5H2,1H3,(H2,11,14)(H,12,13). The van der Waals surface area contributed by atoms with Gasteiger partial charge in [-0.15, -0.1) is 0 Å². The van der Waals surface area contributed by atoms with Gasteiger partial charge in [0.25, 0.3) is 0 Å². The molecular formula is C10H11N3OS. The van der Waals surface area contributed by atoms with E-state index in [2.05, 4.69) is 16.4 Å². The summed E-state index contributed by atoms with van der Waals surface area (Å²) in [6.45, 7) is 2.16. The van der Waals surface area contributed by atoms with Crippen LogP contribution in [0.5, 0.6) is 0 Å². The predicted molar refractivity (Wildman–Crippen MR) is 62.0 cm³/mol. The van der Waals surface area contributed by atoms with Crippen LogP contribution in [-0.2, 0) is 4.79 Å². The number of nitrogens with zero attached hydrogens (tertiary/aromatic N) is 1. The molecule has 0 bridgehead atoms. The molecule has 0 aliphatic heterocycles. The van der Waals surface area contributed by atoms with Crippen LogP contribution in [0.25, 0.3) is 10.2 Å². The number of aryl methyl sites for hydroxylation is 1. The molecule has 2 rings (SSSR count). The van der Waals surface area contributed by atoms with Crippen LogP contribution in [0.1, 0.15) is 5.56 Å². The van der Waals surface area contributed by atoms with Gasteiger partial charge in [-0.2, -0.15) is 0 Å². The summed E-state index contributed by atoms with van der Waals surface area (Å²) < 4.78 is 1.11. The van der Waals surface area contributed by atoms with Crippen LogP contribution >= 0.6 is 11.3 Å². The highest BCUT2D eigenvalue weighted by molar-refractivity contribution is 7.22. The van der Waals surface area contributed by atoms with E-state index in [1.165, 1.54) is 16.9 Å². The lowest BCUT2D eigenvalue weighted by Gasteiger charge is -1.95. The molecule has 0 spiro atoms. The molecule has 4 nitrogen and oxygen atoms in total. The molecule has 78 valence electrons. The molecule has 1 heterocycles. The molecule has 1 aromatic carbocycles. The maximum atomic E-state index is 10.6. The minimum atomic E-state index is -0.384. The van der Waals surface area contributed by atoms with Gasteiger partial charge in [0.2, 0.25) is 5.91 Å². The van der Waals surface area contributed by atoms with Crippen LogP contribution in [0.3, 0.4) is 0 Å². The van der Waals surface area contributed by atoms with Crippen molar-refractivity contribution in [2.45, 2.75) is 6.92 Å². The Hall–Kier alpha value is -1.62. The summed E-state index contributed by atoms with van der Waals surface area (Å²) in [4.78, 5) is 14.9. The number of nitrogens with two attached hydrogens (primary N) is 1. The van der Waals surface area contributed by atoms with Crippen molar-refractivity contribution in [2.24, 2.45) is 5.73 Å². The highest BCUT2D eigenvalue weighted by atomic mass is 32.1. The zero-order valence-electron chi connectivity index (χ0n) is 8.28. The average Bonchev–Trinajstić information content (AvgIpc) is 2.56. The van der Waals surface area contributed by atoms with Crippen molar-refractivity contribution in [2.75, 3.05) is 11.9 Å². The molecule has 0 aliphatic carbocycles. The van der Waals surface area contributed by atoms with Gasteiger partial charge < -0.3 is 11.1 Å². The molecule has 2 aromatic rings. The Morgan fingerprint density at radius 3 is 3.13 bits per heavy atom. The fourth-order valence-electron chi connectivity index (χ4n) is 1.27. The van der Waals surface area contributed by atoms with Crippen LogP contribution in [0, 0.1) is 6.92 Å². The van der Waals surface area contributed by atoms with Crippen LogP contribution in [0.4, 0.5) is 5.13 Å². The van der Waals surface area contributed by atoms with E-state index in [0.29, 0.717) is 0 Å². The summed E-state index contributed by atoms with van der Waals surface area (Å²) >= 11 is 1.52. The molecule has 0 unspecified atom stereocenters. The second kappa shape index (κ2) is 3.86. The summed E-state index contributed by atoms with van der Waals surface area (Å²) in [5, 5.41) is 3.62. The van der Waals surface area contributed by atoms with E-state index >= 15 is 0 Å². The van der Waals surface area contributed by atoms with Gasteiger partial charge in [-0.25, -0.2) is 4.98 Å². The highest BCUT2D eigenvalue weighted by Crippen LogP contribution is 2.26. The first-order chi connectivity index (χ1) is 7.15. The number of amides is 1. The van der Waals surface area contributed by atoms with Crippen LogP contribution in [-0.4, -0.2) is 17.4 Å². The van der Waals surface area contributed by atoms with Gasteiger partial charge in [-0.3, -0.25) is 4.79 Å². The van der Waals surface area contributed by atoms with E-state index in [4.69, 9.17) is 5.73 Å². The van der Waals surface area contributed by atoms with Crippen molar-refractivity contribution in [1.29, 1.82) is 0 Å². The first-order valence-electron chi connectivity index (χ1n) is 4.54. The highest BCUT2D eigenvalue weighted by Gasteiger charge is 2.03. The third-order valence-electron chi connectivity index (χ3n) is 1.96. The van der Waals surface area contributed by atoms with E-state index < -0.39 is 0 Å². The van der Waals surface area contributed by atoms with Gasteiger partial charge in [0.05, 0.1) is 16.8 Å². The zero-order valence-corrected chi connectivity index (χ0v) is 9.10. The van der Waals surface area contributed by atoms with Crippen molar-refractivity contribution in [3.8, 4) is 0 Å². The van der Waals surface area contributed by atoms with Crippen LogP contribution in [0.2, 0.25) is 0 Å². The van der Waals surface area contributed by atoms with Gasteiger partial charge in [0.1, 0.15) is 0 Å². The van der Waals surface area contributed by atoms with E-state index in [1.54, 1.807) is 0 Å². The molecule has 0 saturated carbocycles. The quantitative estimate of drug-likeness (QED) is 0.825. The molecule has 3 N–H and O–H groups in total. The van der Waals surface area contributed by atoms with E-state index in [-0.39, 0.29) is 12.5 Å². The number of aromatic nitrogens is 1. The number of anilines is 1. The fourth-order valence-corrected chi connectivity index (χ4v) is 2.23. The molecule has 5 heteroatoms. The van der Waals surface area contributed by atoms with Gasteiger partial charge in [-0.1, -0.05) is 17.4 Å². The van der Waals surface area contributed by atoms with Gasteiger partial charge in [-0.05, 0) is 24.6 Å². The number of hydrogen-bond donors (Lipinski definition) is 2. The molecule has 1 amide bonds. The van der Waals surface area contributed by atoms with E-state index in [1.807, 2.05) is 19.1 Å². The number of nitrogens with one attached hydrogen (secondary N) is 1. The van der Waals surface area contributed by atoms with Crippen molar-refractivity contribution in [3.05, 3.63) is 23.8 Å². The second-order valence-electron chi connectivity index (χ2n) is 3.31. The first-order valence-corrected chi connectivity index (χ1v) is 5.36. The monoisotopic (exact) mass is 221 g/mol. The molecule has 0 aliphatic rings. The van der Waals surface area contributed by atoms with E-state index in [9.17, 15) is 4.79 Å². The van der Waals surface area contributed by atoms with Crippen molar-refractivity contribution >= 4 is 32.6 Å². The molecule has 0 atom stereocenters. The third kappa shape index (κ3) is 2.24. The Morgan fingerprint density at radius 2 is 2.40 bits per heavy atom. The summed E-state index contributed by atoms with van der Waals surface area (Å²) in [7, 11) is 0. The largest absolute Gasteiger partial charge is 0.368 e. The maximum Gasteiger partial charge on any atom is 0.236 e. The molecule has 1 aromatic heterocycles. The minimum absolute atomic E-state index is 0.124. The summed E-state index contributed by atoms with van der Waals surface area (Å²) in [5.74, 6) is -0.384. The number of rotatable bonds is 3. The molecule has 0 radical (unpaired) electrons. The normalized spacial score (nSPS) is 10.5. The summed E-state index contributed by atoms with van der Waals surface area (Å²) in [6.07, 6.45) is 0. The Labute approximate surface area is 91.1 Å². The molecular weight excluding hydrogens is 210 g/mol. The number of fused-ring (bicyclic) bond motifs is 1. The van der Waals surface area contributed by atoms with Crippen molar-refractivity contribution in [3.63, 3.8) is 0 Å². The van der Waals surface area contributed by atoms with Crippen molar-refractivity contribution < 1.29 is 4.79 Å². The lowest BCUT2D eigenvalue weighted by atomic mass is 10.2. The molecule has 0 fully saturated rings. The summed E-state index contributed by atoms with van der Waals surface area (Å²) in [5.41, 5.74) is 7.18. The van der Waals surface area contributed by atoms with Crippen LogP contribution < -0.4 is 11.1 Å². The van der Waals surface area contributed by atoms with Crippen LogP contribution in [0.15, 0.2) is 18.2 Å². The Kier molecular flexibility index (Phi) is 2.55. The Morgan fingerprint density at radius 1 is 1.60 bits per heavy atom. The van der Waals surface area contributed by atoms with E-state index in [0.717, 1.165) is 15.3 Å². The SMILES string of the molecule is Cc1ccc2nc(NCC(N)=O)sc2c1. The first kappa shape index (κ1) is 9.92. The number of thiazole rings is 1. The number of hydrogen-bond acceptors (Lipinski definition) is 4. The Bertz CT molecular complexity index is 506. The van der Waals surface area contributed by atoms with Gasteiger partial charge in [0.15, 0.2) is 5.13 Å². The minimum Gasteiger partial charge on any atom is -0.368 e. The lowest BCUT2D eigenvalue weighted by molar-refractivity contribution is -0.116. The van der Waals surface area contributed by atoms with Gasteiger partial charge >= 0.3 is 0 Å². The number of benzene rings is 1. The maximum absolute atomic E-state index is 10.6. The molecule has 15 heavy (non-hydrogen) atoms. The average molecular weight is 221 g/mol. The zero-order chi connectivity index (χ0) is 10.8. The van der Waals surface area contributed by atoms with Gasteiger partial charge in [0, 0.05) is 0 Å². The molecule has 0 saturated heterocycles. The number of carbonyl (C=O) groups excluding carboxylic acids is 1. The number of carbonyl (C=O) groups is 1. The fraction of sp³-hybridized carbons (Fsp3) is 0.200. The smallest absolute Gasteiger partial charge is 0.236 e. The topological polar surface area (TPSA) is 68.0 Å². The Balaban J connectivity index is 2.27. The predicted octanol–water partition coefficient (Wildman–Crippen LogP) is 1.50. The van der Waals surface area contributed by atoms with Crippen molar-refractivity contribution in [1.82, 2.24) is 4.98 Å². The second-order valence-corrected chi connectivity index (χ2v) is 4.34.